The summed E-state index contributed by atoms with van der Waals surface area (Å²) in [6, 6.07) is 8.51. The first-order chi connectivity index (χ1) is 11.4. The Morgan fingerprint density at radius 3 is 2.79 bits per heavy atom. The number of hydrogen-bond acceptors (Lipinski definition) is 6. The van der Waals surface area contributed by atoms with Gasteiger partial charge in [0, 0.05) is 18.8 Å². The van der Waals surface area contributed by atoms with E-state index < -0.39 is 5.97 Å². The van der Waals surface area contributed by atoms with Gasteiger partial charge in [-0.15, -0.1) is 0 Å². The summed E-state index contributed by atoms with van der Waals surface area (Å²) in [4.78, 5) is 20.4. The number of anilines is 3. The summed E-state index contributed by atoms with van der Waals surface area (Å²) in [5.41, 5.74) is 9.37. The number of aromatic carboxylic acids is 1. The van der Waals surface area contributed by atoms with E-state index in [4.69, 9.17) is 23.1 Å². The highest BCUT2D eigenvalue weighted by Gasteiger charge is 2.15. The Morgan fingerprint density at radius 1 is 1.42 bits per heavy atom. The van der Waals surface area contributed by atoms with Gasteiger partial charge < -0.3 is 26.0 Å². The highest BCUT2D eigenvalue weighted by Crippen LogP contribution is 2.30. The number of fused-ring (bicyclic) bond motifs is 1. The van der Waals surface area contributed by atoms with Crippen LogP contribution in [-0.4, -0.2) is 41.9 Å². The molecule has 5 N–H and O–H groups in total. The standard InChI is InChI=1S/C16H17N5O2S/c1-21(11-4-2-9(3-5-11)16(22)23)8-10-7-18-12-6-13(17)20-15(24)14(12)19-10/h2-6,18H,7-8H2,1H3,(H,22,23)(H3,17,20,24). The molecular formula is C16H17N5O2S. The zero-order valence-electron chi connectivity index (χ0n) is 13.0. The quantitative estimate of drug-likeness (QED) is 0.636. The fourth-order valence-electron chi connectivity index (χ4n) is 2.53. The van der Waals surface area contributed by atoms with Crippen molar-refractivity contribution in [1.29, 1.82) is 0 Å². The molecule has 8 heteroatoms. The number of hydrogen-bond donors (Lipinski definition) is 4. The van der Waals surface area contributed by atoms with Gasteiger partial charge in [-0.25, -0.2) is 9.79 Å². The number of carboxylic acids is 1. The summed E-state index contributed by atoms with van der Waals surface area (Å²) in [5, 5.41) is 12.2. The van der Waals surface area contributed by atoms with Gasteiger partial charge >= 0.3 is 5.97 Å². The maximum absolute atomic E-state index is 10.9. The Hall–Kier alpha value is -2.87. The molecule has 0 radical (unpaired) electrons. The molecule has 2 heterocycles. The highest BCUT2D eigenvalue weighted by atomic mass is 32.1. The molecule has 0 saturated heterocycles. The number of aromatic amines is 1. The summed E-state index contributed by atoms with van der Waals surface area (Å²) in [5.74, 6) is -0.435. The van der Waals surface area contributed by atoms with Gasteiger partial charge in [-0.3, -0.25) is 0 Å². The second kappa shape index (κ2) is 6.32. The van der Waals surface area contributed by atoms with Gasteiger partial charge in [0.25, 0.3) is 0 Å². The third-order valence-corrected chi connectivity index (χ3v) is 4.05. The number of carbonyl (C=O) groups is 1. The minimum absolute atomic E-state index is 0.265. The van der Waals surface area contributed by atoms with Crippen molar-refractivity contribution in [3.8, 4) is 0 Å². The second-order valence-electron chi connectivity index (χ2n) is 5.56. The van der Waals surface area contributed by atoms with Crippen molar-refractivity contribution in [2.75, 3.05) is 36.1 Å². The van der Waals surface area contributed by atoms with Gasteiger partial charge in [0.1, 0.15) is 16.1 Å². The number of aliphatic imine (C=N–C) groups is 1. The Bertz CT molecular complexity index is 873. The number of nitrogens with two attached hydrogens (primary N) is 1. The molecule has 0 aliphatic carbocycles. The fraction of sp³-hybridized carbons (Fsp3) is 0.188. The Morgan fingerprint density at radius 2 is 2.12 bits per heavy atom. The summed E-state index contributed by atoms with van der Waals surface area (Å²) in [7, 11) is 1.93. The van der Waals surface area contributed by atoms with Crippen LogP contribution in [0.25, 0.3) is 0 Å². The zero-order valence-corrected chi connectivity index (χ0v) is 13.9. The predicted molar refractivity (Wildman–Crippen MR) is 98.3 cm³/mol. The number of benzene rings is 1. The van der Waals surface area contributed by atoms with Crippen LogP contribution in [0.4, 0.5) is 22.9 Å². The lowest BCUT2D eigenvalue weighted by atomic mass is 10.2. The van der Waals surface area contributed by atoms with Crippen molar-refractivity contribution in [1.82, 2.24) is 4.98 Å². The minimum atomic E-state index is -0.935. The number of nitrogens with one attached hydrogen (secondary N) is 2. The van der Waals surface area contributed by atoms with E-state index >= 15 is 0 Å². The van der Waals surface area contributed by atoms with Gasteiger partial charge in [0.2, 0.25) is 0 Å². The molecule has 1 aromatic carbocycles. The maximum atomic E-state index is 10.9. The molecule has 0 unspecified atom stereocenters. The van der Waals surface area contributed by atoms with Gasteiger partial charge in [0.15, 0.2) is 0 Å². The third kappa shape index (κ3) is 3.23. The lowest BCUT2D eigenvalue weighted by Gasteiger charge is -2.24. The summed E-state index contributed by atoms with van der Waals surface area (Å²) in [6.07, 6.45) is 0. The largest absolute Gasteiger partial charge is 0.478 e. The first kappa shape index (κ1) is 16.0. The van der Waals surface area contributed by atoms with E-state index in [-0.39, 0.29) is 5.56 Å². The Labute approximate surface area is 143 Å². The number of pyridine rings is 1. The molecule has 124 valence electrons. The first-order valence-corrected chi connectivity index (χ1v) is 7.72. The summed E-state index contributed by atoms with van der Waals surface area (Å²) in [6.45, 7) is 1.20. The lowest BCUT2D eigenvalue weighted by Crippen LogP contribution is -2.31. The van der Waals surface area contributed by atoms with Crippen LogP contribution in [0, 0.1) is 4.64 Å². The summed E-state index contributed by atoms with van der Waals surface area (Å²) >= 11 is 5.27. The number of nitrogen functional groups attached to an aromatic ring is 1. The van der Waals surface area contributed by atoms with Crippen LogP contribution in [0.5, 0.6) is 0 Å². The average Bonchev–Trinajstić information content (AvgIpc) is 2.55. The van der Waals surface area contributed by atoms with Crippen molar-refractivity contribution in [3.05, 3.63) is 40.5 Å². The van der Waals surface area contributed by atoms with E-state index in [0.29, 0.717) is 29.2 Å². The molecule has 7 nitrogen and oxygen atoms in total. The van der Waals surface area contributed by atoms with Crippen LogP contribution in [0.3, 0.4) is 0 Å². The van der Waals surface area contributed by atoms with Crippen molar-refractivity contribution < 1.29 is 9.90 Å². The molecule has 1 aliphatic heterocycles. The van der Waals surface area contributed by atoms with E-state index in [1.54, 1.807) is 30.3 Å². The van der Waals surface area contributed by atoms with E-state index in [0.717, 1.165) is 17.1 Å². The second-order valence-corrected chi connectivity index (χ2v) is 5.96. The van der Waals surface area contributed by atoms with Crippen LogP contribution in [-0.2, 0) is 0 Å². The zero-order chi connectivity index (χ0) is 17.3. The van der Waals surface area contributed by atoms with E-state index in [1.165, 1.54) is 0 Å². The maximum Gasteiger partial charge on any atom is 0.335 e. The fourth-order valence-corrected chi connectivity index (χ4v) is 2.80. The van der Waals surface area contributed by atoms with Crippen LogP contribution >= 0.6 is 12.2 Å². The molecule has 0 bridgehead atoms. The monoisotopic (exact) mass is 343 g/mol. The topological polar surface area (TPSA) is 107 Å². The molecule has 1 aromatic heterocycles. The first-order valence-electron chi connectivity index (χ1n) is 7.31. The SMILES string of the molecule is CN(CC1=Nc2c(cc(N)[nH]c2=S)NC1)c1ccc(C(=O)O)cc1. The number of carboxylic acid groups (broad SMARTS) is 1. The van der Waals surface area contributed by atoms with E-state index in [1.807, 2.05) is 11.9 Å². The smallest absolute Gasteiger partial charge is 0.335 e. The molecule has 0 fully saturated rings. The highest BCUT2D eigenvalue weighted by molar-refractivity contribution is 7.71. The molecule has 0 amide bonds. The lowest BCUT2D eigenvalue weighted by molar-refractivity contribution is 0.0697. The molecule has 3 rings (SSSR count). The van der Waals surface area contributed by atoms with Crippen molar-refractivity contribution in [2.24, 2.45) is 4.99 Å². The number of aromatic nitrogens is 1. The number of H-pyrrole nitrogens is 1. The average molecular weight is 343 g/mol. The molecule has 1 aliphatic rings. The minimum Gasteiger partial charge on any atom is -0.478 e. The predicted octanol–water partition coefficient (Wildman–Crippen LogP) is 2.66. The van der Waals surface area contributed by atoms with Gasteiger partial charge in [-0.2, -0.15) is 0 Å². The molecule has 24 heavy (non-hydrogen) atoms. The van der Waals surface area contributed by atoms with Crippen molar-refractivity contribution in [2.45, 2.75) is 0 Å². The number of nitrogens with zero attached hydrogens (tertiary/aromatic N) is 2. The molecule has 2 aromatic rings. The van der Waals surface area contributed by atoms with E-state index in [2.05, 4.69) is 15.3 Å². The van der Waals surface area contributed by atoms with Gasteiger partial charge in [-0.1, -0.05) is 12.2 Å². The Kier molecular flexibility index (Phi) is 4.22. The number of rotatable bonds is 4. The third-order valence-electron chi connectivity index (χ3n) is 3.76. The van der Waals surface area contributed by atoms with Crippen molar-refractivity contribution in [3.63, 3.8) is 0 Å². The molecular weight excluding hydrogens is 326 g/mol. The van der Waals surface area contributed by atoms with Crippen LogP contribution < -0.4 is 16.0 Å². The molecule has 0 saturated carbocycles. The van der Waals surface area contributed by atoms with Gasteiger partial charge in [0.05, 0.1) is 30.1 Å². The molecule has 0 spiro atoms. The van der Waals surface area contributed by atoms with E-state index in [9.17, 15) is 4.79 Å². The van der Waals surface area contributed by atoms with Crippen LogP contribution in [0.2, 0.25) is 0 Å². The van der Waals surface area contributed by atoms with Crippen molar-refractivity contribution >= 4 is 46.8 Å². The normalized spacial score (nSPS) is 12.8. The van der Waals surface area contributed by atoms with Crippen LogP contribution in [0.15, 0.2) is 35.3 Å². The Balaban J connectivity index is 1.79. The van der Waals surface area contributed by atoms with Crippen LogP contribution in [0.1, 0.15) is 10.4 Å². The van der Waals surface area contributed by atoms with Gasteiger partial charge in [-0.05, 0) is 24.3 Å². The summed E-state index contributed by atoms with van der Waals surface area (Å²) < 4.78 is 0.503. The molecule has 0 atom stereocenters.